The Morgan fingerprint density at radius 1 is 1.33 bits per heavy atom. The van der Waals surface area contributed by atoms with E-state index in [1.54, 1.807) is 13.1 Å². The lowest BCUT2D eigenvalue weighted by molar-refractivity contribution is -0.120. The zero-order chi connectivity index (χ0) is 17.5. The Bertz CT molecular complexity index is 974. The van der Waals surface area contributed by atoms with Crippen molar-refractivity contribution in [3.63, 3.8) is 0 Å². The second-order valence-corrected chi connectivity index (χ2v) is 8.10. The molecule has 3 rings (SSSR count). The molecule has 0 fully saturated rings. The molecule has 4 nitrogen and oxygen atoms in total. The number of Topliss-reactive ketones (excluding diaryl/α,β-unsaturated/α-hetero) is 1. The van der Waals surface area contributed by atoms with Gasteiger partial charge in [0.25, 0.3) is 5.56 Å². The van der Waals surface area contributed by atoms with Gasteiger partial charge in [0.05, 0.1) is 11.1 Å². The highest BCUT2D eigenvalue weighted by molar-refractivity contribution is 7.07. The average molecular weight is 343 g/mol. The summed E-state index contributed by atoms with van der Waals surface area (Å²) in [6, 6.07) is 5.96. The Hall–Kier alpha value is -2.14. The van der Waals surface area contributed by atoms with Crippen molar-refractivity contribution in [2.45, 2.75) is 27.2 Å². The second-order valence-electron chi connectivity index (χ2n) is 7.04. The van der Waals surface area contributed by atoms with Gasteiger partial charge in [-0.2, -0.15) is 0 Å². The minimum absolute atomic E-state index is 0.0144. The first-order valence-electron chi connectivity index (χ1n) is 7.95. The van der Waals surface area contributed by atoms with E-state index < -0.39 is 5.41 Å². The van der Waals surface area contributed by atoms with Crippen molar-refractivity contribution in [1.29, 1.82) is 0 Å². The number of hydrogen-bond donors (Lipinski definition) is 0. The Labute approximate surface area is 144 Å². The number of carbonyl (C=O) groups excluding carboxylic acids is 1. The topological polar surface area (TPSA) is 48.3 Å². The summed E-state index contributed by atoms with van der Waals surface area (Å²) in [5.74, 6) is 0.941. The summed E-state index contributed by atoms with van der Waals surface area (Å²) in [6.07, 6.45) is 4.35. The second kappa shape index (κ2) is 6.06. The van der Waals surface area contributed by atoms with Gasteiger partial charge in [0.1, 0.15) is 10.4 Å². The highest BCUT2D eigenvalue weighted by Gasteiger charge is 2.19. The van der Waals surface area contributed by atoms with Crippen molar-refractivity contribution >= 4 is 29.3 Å². The van der Waals surface area contributed by atoms with E-state index >= 15 is 0 Å². The SMILES string of the molecule is Cn1c(=CC(=O)C(C)(C)C)sc(=Cc2ccc3c(c2)CCO3)c1=O. The van der Waals surface area contributed by atoms with E-state index in [-0.39, 0.29) is 11.3 Å². The molecule has 0 saturated heterocycles. The molecule has 0 aliphatic carbocycles. The molecule has 1 aromatic carbocycles. The van der Waals surface area contributed by atoms with E-state index in [4.69, 9.17) is 4.74 Å². The number of rotatable bonds is 2. The van der Waals surface area contributed by atoms with Crippen LogP contribution in [0.25, 0.3) is 12.2 Å². The molecule has 24 heavy (non-hydrogen) atoms. The molecular formula is C19H21NO3S. The molecule has 1 aliphatic heterocycles. The Morgan fingerprint density at radius 3 is 2.79 bits per heavy atom. The van der Waals surface area contributed by atoms with Gasteiger partial charge in [-0.3, -0.25) is 9.59 Å². The summed E-state index contributed by atoms with van der Waals surface area (Å²) in [6.45, 7) is 6.33. The van der Waals surface area contributed by atoms with E-state index in [0.717, 1.165) is 17.7 Å². The molecule has 0 saturated carbocycles. The maximum atomic E-state index is 12.4. The minimum Gasteiger partial charge on any atom is -0.493 e. The van der Waals surface area contributed by atoms with Gasteiger partial charge in [0, 0.05) is 25.0 Å². The summed E-state index contributed by atoms with van der Waals surface area (Å²) in [5.41, 5.74) is 1.62. The number of carbonyl (C=O) groups is 1. The molecule has 0 unspecified atom stereocenters. The van der Waals surface area contributed by atoms with Gasteiger partial charge in [-0.15, -0.1) is 11.3 Å². The molecule has 1 aliphatic rings. The van der Waals surface area contributed by atoms with Crippen LogP contribution in [0.1, 0.15) is 31.9 Å². The Kier molecular flexibility index (Phi) is 4.22. The largest absolute Gasteiger partial charge is 0.493 e. The van der Waals surface area contributed by atoms with Gasteiger partial charge in [-0.25, -0.2) is 0 Å². The first-order chi connectivity index (χ1) is 11.3. The third-order valence-corrected chi connectivity index (χ3v) is 5.18. The van der Waals surface area contributed by atoms with Gasteiger partial charge in [-0.05, 0) is 29.3 Å². The zero-order valence-corrected chi connectivity index (χ0v) is 15.2. The maximum absolute atomic E-state index is 12.4. The normalized spacial score (nSPS) is 15.5. The summed E-state index contributed by atoms with van der Waals surface area (Å²) >= 11 is 1.35. The number of benzene rings is 1. The predicted molar refractivity (Wildman–Crippen MR) is 96.9 cm³/mol. The smallest absolute Gasteiger partial charge is 0.268 e. The lowest BCUT2D eigenvalue weighted by Crippen LogP contribution is -2.30. The molecule has 0 amide bonds. The van der Waals surface area contributed by atoms with Crippen LogP contribution in [0.15, 0.2) is 23.0 Å². The number of hydrogen-bond acceptors (Lipinski definition) is 4. The molecule has 0 atom stereocenters. The monoisotopic (exact) mass is 343 g/mol. The Morgan fingerprint density at radius 2 is 2.08 bits per heavy atom. The van der Waals surface area contributed by atoms with Crippen LogP contribution < -0.4 is 19.5 Å². The van der Waals surface area contributed by atoms with Crippen molar-refractivity contribution in [1.82, 2.24) is 4.57 Å². The van der Waals surface area contributed by atoms with E-state index in [1.165, 1.54) is 21.5 Å². The van der Waals surface area contributed by atoms with Crippen LogP contribution in [0, 0.1) is 5.41 Å². The van der Waals surface area contributed by atoms with E-state index in [9.17, 15) is 9.59 Å². The summed E-state index contributed by atoms with van der Waals surface area (Å²) in [4.78, 5) is 24.6. The van der Waals surface area contributed by atoms with Crippen LogP contribution in [-0.4, -0.2) is 17.0 Å². The molecule has 0 N–H and O–H groups in total. The number of ketones is 1. The molecule has 2 aromatic rings. The summed E-state index contributed by atoms with van der Waals surface area (Å²) in [7, 11) is 1.70. The quantitative estimate of drug-likeness (QED) is 0.832. The number of nitrogens with zero attached hydrogens (tertiary/aromatic N) is 1. The third-order valence-electron chi connectivity index (χ3n) is 4.07. The van der Waals surface area contributed by atoms with Crippen LogP contribution in [-0.2, 0) is 18.3 Å². The van der Waals surface area contributed by atoms with Gasteiger partial charge < -0.3 is 9.30 Å². The predicted octanol–water partition coefficient (Wildman–Crippen LogP) is 1.61. The van der Waals surface area contributed by atoms with Crippen molar-refractivity contribution in [3.8, 4) is 5.75 Å². The molecule has 0 spiro atoms. The minimum atomic E-state index is -0.454. The molecule has 5 heteroatoms. The summed E-state index contributed by atoms with van der Waals surface area (Å²) < 4.78 is 8.35. The fraction of sp³-hybridized carbons (Fsp3) is 0.368. The lowest BCUT2D eigenvalue weighted by Gasteiger charge is -2.12. The van der Waals surface area contributed by atoms with Crippen LogP contribution in [0.5, 0.6) is 5.75 Å². The molecule has 2 heterocycles. The zero-order valence-electron chi connectivity index (χ0n) is 14.4. The fourth-order valence-electron chi connectivity index (χ4n) is 2.48. The molecule has 1 aromatic heterocycles. The molecule has 0 bridgehead atoms. The van der Waals surface area contributed by atoms with E-state index in [0.29, 0.717) is 15.8 Å². The van der Waals surface area contributed by atoms with Crippen LogP contribution in [0.3, 0.4) is 0 Å². The highest BCUT2D eigenvalue weighted by Crippen LogP contribution is 2.25. The first-order valence-corrected chi connectivity index (χ1v) is 8.77. The number of thiazole rings is 1. The van der Waals surface area contributed by atoms with Crippen molar-refractivity contribution in [2.24, 2.45) is 12.5 Å². The van der Waals surface area contributed by atoms with Gasteiger partial charge in [0.2, 0.25) is 0 Å². The van der Waals surface area contributed by atoms with Gasteiger partial charge in [0.15, 0.2) is 5.78 Å². The maximum Gasteiger partial charge on any atom is 0.268 e. The first kappa shape index (κ1) is 16.7. The lowest BCUT2D eigenvalue weighted by atomic mass is 9.91. The van der Waals surface area contributed by atoms with Crippen LogP contribution >= 0.6 is 11.3 Å². The Balaban J connectivity index is 2.07. The van der Waals surface area contributed by atoms with E-state index in [2.05, 4.69) is 6.07 Å². The van der Waals surface area contributed by atoms with Crippen molar-refractivity contribution in [2.75, 3.05) is 6.61 Å². The number of ether oxygens (including phenoxy) is 1. The molecule has 0 radical (unpaired) electrons. The van der Waals surface area contributed by atoms with Crippen molar-refractivity contribution < 1.29 is 9.53 Å². The van der Waals surface area contributed by atoms with Gasteiger partial charge in [-0.1, -0.05) is 26.8 Å². The number of aromatic nitrogens is 1. The van der Waals surface area contributed by atoms with Crippen LogP contribution in [0.4, 0.5) is 0 Å². The van der Waals surface area contributed by atoms with Crippen molar-refractivity contribution in [3.05, 3.63) is 48.9 Å². The highest BCUT2D eigenvalue weighted by atomic mass is 32.1. The average Bonchev–Trinajstić information content (AvgIpc) is 3.07. The summed E-state index contributed by atoms with van der Waals surface area (Å²) in [5, 5.41) is 0. The third kappa shape index (κ3) is 3.22. The van der Waals surface area contributed by atoms with E-state index in [1.807, 2.05) is 39.0 Å². The standard InChI is InChI=1S/C19H21NO3S/c1-19(2,3)16(21)11-17-20(4)18(22)15(24-17)10-12-5-6-14-13(9-12)7-8-23-14/h5-6,9-11H,7-8H2,1-4H3. The number of fused-ring (bicyclic) bond motifs is 1. The fourth-order valence-corrected chi connectivity index (χ4v) is 3.51. The molecule has 126 valence electrons. The molecular weight excluding hydrogens is 322 g/mol. The van der Waals surface area contributed by atoms with Crippen LogP contribution in [0.2, 0.25) is 0 Å². The van der Waals surface area contributed by atoms with Gasteiger partial charge >= 0.3 is 0 Å².